The van der Waals surface area contributed by atoms with Gasteiger partial charge >= 0.3 is 0 Å². The van der Waals surface area contributed by atoms with E-state index in [-0.39, 0.29) is 0 Å². The molecule has 114 valence electrons. The Morgan fingerprint density at radius 1 is 1.25 bits per heavy atom. The van der Waals surface area contributed by atoms with Crippen molar-refractivity contribution in [2.75, 3.05) is 6.54 Å². The highest BCUT2D eigenvalue weighted by Crippen LogP contribution is 2.36. The molecule has 3 heteroatoms. The lowest BCUT2D eigenvalue weighted by molar-refractivity contribution is 0.196. The average molecular weight is 277 g/mol. The maximum absolute atomic E-state index is 4.51. The molecular formula is C17H31N3. The van der Waals surface area contributed by atoms with E-state index < -0.39 is 0 Å². The van der Waals surface area contributed by atoms with Crippen LogP contribution in [-0.4, -0.2) is 22.1 Å². The molecule has 0 saturated heterocycles. The van der Waals surface area contributed by atoms with Gasteiger partial charge in [0, 0.05) is 11.7 Å². The first-order chi connectivity index (χ1) is 9.67. The number of hydrogen-bond donors (Lipinski definition) is 1. The summed E-state index contributed by atoms with van der Waals surface area (Å²) in [7, 11) is 0. The van der Waals surface area contributed by atoms with Gasteiger partial charge in [-0.1, -0.05) is 26.7 Å². The van der Waals surface area contributed by atoms with Crippen molar-refractivity contribution in [2.24, 2.45) is 5.92 Å². The highest BCUT2D eigenvalue weighted by molar-refractivity contribution is 5.11. The molecule has 1 saturated carbocycles. The lowest BCUT2D eigenvalue weighted by Crippen LogP contribution is -2.42. The van der Waals surface area contributed by atoms with E-state index in [1.54, 1.807) is 0 Å². The van der Waals surface area contributed by atoms with E-state index in [4.69, 9.17) is 0 Å². The van der Waals surface area contributed by atoms with Crippen LogP contribution in [-0.2, 0) is 0 Å². The topological polar surface area (TPSA) is 29.9 Å². The molecule has 0 aliphatic heterocycles. The maximum Gasteiger partial charge on any atom is 0.0954 e. The van der Waals surface area contributed by atoms with Gasteiger partial charge in [-0.05, 0) is 52.0 Å². The summed E-state index contributed by atoms with van der Waals surface area (Å²) >= 11 is 0. The fourth-order valence-corrected chi connectivity index (χ4v) is 3.63. The van der Waals surface area contributed by atoms with Gasteiger partial charge in [-0.25, -0.2) is 4.98 Å². The van der Waals surface area contributed by atoms with Crippen molar-refractivity contribution in [1.29, 1.82) is 0 Å². The van der Waals surface area contributed by atoms with Crippen LogP contribution < -0.4 is 5.32 Å². The van der Waals surface area contributed by atoms with Crippen molar-refractivity contribution < 1.29 is 0 Å². The maximum atomic E-state index is 4.51. The summed E-state index contributed by atoms with van der Waals surface area (Å²) in [6, 6.07) is 1.21. The number of nitrogens with one attached hydrogen (secondary N) is 1. The first-order valence-electron chi connectivity index (χ1n) is 8.40. The molecule has 0 aromatic carbocycles. The molecule has 0 bridgehead atoms. The zero-order valence-corrected chi connectivity index (χ0v) is 13.7. The third-order valence-electron chi connectivity index (χ3n) is 4.92. The Morgan fingerprint density at radius 3 is 2.65 bits per heavy atom. The second-order valence-corrected chi connectivity index (χ2v) is 6.42. The van der Waals surface area contributed by atoms with Crippen LogP contribution in [0.5, 0.6) is 0 Å². The van der Waals surface area contributed by atoms with E-state index in [0.717, 1.165) is 12.5 Å². The number of rotatable bonds is 6. The van der Waals surface area contributed by atoms with Crippen LogP contribution in [0.4, 0.5) is 0 Å². The molecule has 1 aliphatic rings. The van der Waals surface area contributed by atoms with E-state index in [2.05, 4.69) is 48.9 Å². The number of nitrogens with zero attached hydrogens (tertiary/aromatic N) is 2. The molecule has 0 radical (unpaired) electrons. The van der Waals surface area contributed by atoms with Crippen molar-refractivity contribution in [3.63, 3.8) is 0 Å². The molecular weight excluding hydrogens is 246 g/mol. The van der Waals surface area contributed by atoms with Crippen LogP contribution in [0.3, 0.4) is 0 Å². The molecule has 1 aromatic heterocycles. The molecule has 1 fully saturated rings. The number of hydrogen-bond acceptors (Lipinski definition) is 2. The molecule has 0 amide bonds. The standard InChI is InChI=1S/C17H31N3/c1-5-7-15-8-9-16(18-10-6-2)17(11-15)20-12-19-13(3)14(20)4/h12,15-18H,5-11H2,1-4H3. The molecule has 1 N–H and O–H groups in total. The Bertz CT molecular complexity index is 410. The average Bonchev–Trinajstić information content (AvgIpc) is 2.78. The first kappa shape index (κ1) is 15.6. The number of aromatic nitrogens is 2. The largest absolute Gasteiger partial charge is 0.330 e. The first-order valence-corrected chi connectivity index (χ1v) is 8.40. The van der Waals surface area contributed by atoms with Gasteiger partial charge in [0.05, 0.1) is 18.1 Å². The highest BCUT2D eigenvalue weighted by atomic mass is 15.1. The third kappa shape index (κ3) is 3.43. The van der Waals surface area contributed by atoms with Crippen LogP contribution in [0.25, 0.3) is 0 Å². The van der Waals surface area contributed by atoms with Gasteiger partial charge in [-0.3, -0.25) is 0 Å². The number of imidazole rings is 1. The molecule has 2 rings (SSSR count). The minimum absolute atomic E-state index is 0.591. The fraction of sp³-hybridized carbons (Fsp3) is 0.824. The predicted octanol–water partition coefficient (Wildman–Crippen LogP) is 4.01. The van der Waals surface area contributed by atoms with E-state index in [0.29, 0.717) is 12.1 Å². The van der Waals surface area contributed by atoms with E-state index in [9.17, 15) is 0 Å². The van der Waals surface area contributed by atoms with Crippen LogP contribution in [0.15, 0.2) is 6.33 Å². The van der Waals surface area contributed by atoms with Crippen LogP contribution >= 0.6 is 0 Å². The van der Waals surface area contributed by atoms with Gasteiger partial charge < -0.3 is 9.88 Å². The highest BCUT2D eigenvalue weighted by Gasteiger charge is 2.31. The minimum Gasteiger partial charge on any atom is -0.330 e. The summed E-state index contributed by atoms with van der Waals surface area (Å²) < 4.78 is 2.44. The quantitative estimate of drug-likeness (QED) is 0.851. The zero-order valence-electron chi connectivity index (χ0n) is 13.7. The second-order valence-electron chi connectivity index (χ2n) is 6.42. The fourth-order valence-electron chi connectivity index (χ4n) is 3.63. The molecule has 1 heterocycles. The molecule has 20 heavy (non-hydrogen) atoms. The summed E-state index contributed by atoms with van der Waals surface area (Å²) in [5.41, 5.74) is 2.52. The van der Waals surface area contributed by atoms with Crippen molar-refractivity contribution >= 4 is 0 Å². The summed E-state index contributed by atoms with van der Waals surface area (Å²) in [4.78, 5) is 4.51. The van der Waals surface area contributed by atoms with Crippen molar-refractivity contribution in [3.05, 3.63) is 17.7 Å². The molecule has 3 unspecified atom stereocenters. The van der Waals surface area contributed by atoms with Crippen LogP contribution in [0.2, 0.25) is 0 Å². The normalized spacial score (nSPS) is 26.9. The summed E-state index contributed by atoms with van der Waals surface area (Å²) in [6.07, 6.45) is 9.97. The summed E-state index contributed by atoms with van der Waals surface area (Å²) in [5, 5.41) is 3.77. The SMILES string of the molecule is CCCNC1CCC(CCC)CC1n1cnc(C)c1C. The van der Waals surface area contributed by atoms with Gasteiger partial charge in [0.25, 0.3) is 0 Å². The van der Waals surface area contributed by atoms with Crippen molar-refractivity contribution in [1.82, 2.24) is 14.9 Å². The molecule has 1 aromatic rings. The Hall–Kier alpha value is -0.830. The summed E-state index contributed by atoms with van der Waals surface area (Å²) in [6.45, 7) is 10.0. The third-order valence-corrected chi connectivity index (χ3v) is 4.92. The van der Waals surface area contributed by atoms with Crippen LogP contribution in [0.1, 0.15) is 69.8 Å². The van der Waals surface area contributed by atoms with Crippen molar-refractivity contribution in [2.45, 2.75) is 78.3 Å². The second kappa shape index (κ2) is 7.26. The Morgan fingerprint density at radius 2 is 2.05 bits per heavy atom. The monoisotopic (exact) mass is 277 g/mol. The Kier molecular flexibility index (Phi) is 5.64. The van der Waals surface area contributed by atoms with Gasteiger partial charge in [0.2, 0.25) is 0 Å². The number of aryl methyl sites for hydroxylation is 1. The van der Waals surface area contributed by atoms with E-state index in [1.807, 2.05) is 0 Å². The van der Waals surface area contributed by atoms with Crippen molar-refractivity contribution in [3.8, 4) is 0 Å². The minimum atomic E-state index is 0.591. The predicted molar refractivity (Wildman–Crippen MR) is 85.1 cm³/mol. The van der Waals surface area contributed by atoms with Gasteiger partial charge in [0.15, 0.2) is 0 Å². The summed E-state index contributed by atoms with van der Waals surface area (Å²) in [5.74, 6) is 0.895. The molecule has 3 nitrogen and oxygen atoms in total. The molecule has 1 aliphatic carbocycles. The molecule has 3 atom stereocenters. The Labute approximate surface area is 124 Å². The zero-order chi connectivity index (χ0) is 14.5. The van der Waals surface area contributed by atoms with Crippen LogP contribution in [0, 0.1) is 19.8 Å². The Balaban J connectivity index is 2.14. The van der Waals surface area contributed by atoms with Gasteiger partial charge in [-0.2, -0.15) is 0 Å². The molecule has 0 spiro atoms. The van der Waals surface area contributed by atoms with Gasteiger partial charge in [0.1, 0.15) is 0 Å². The smallest absolute Gasteiger partial charge is 0.0954 e. The van der Waals surface area contributed by atoms with E-state index >= 15 is 0 Å². The lowest BCUT2D eigenvalue weighted by atomic mass is 9.80. The van der Waals surface area contributed by atoms with Gasteiger partial charge in [-0.15, -0.1) is 0 Å². The van der Waals surface area contributed by atoms with E-state index in [1.165, 1.54) is 49.9 Å². The lowest BCUT2D eigenvalue weighted by Gasteiger charge is -2.38.